The van der Waals surface area contributed by atoms with E-state index in [0.29, 0.717) is 31.9 Å². The maximum Gasteiger partial charge on any atom is 0.220 e. The summed E-state index contributed by atoms with van der Waals surface area (Å²) in [5.41, 5.74) is 1.04. The molecule has 0 saturated carbocycles. The zero-order valence-corrected chi connectivity index (χ0v) is 13.7. The zero-order valence-electron chi connectivity index (χ0n) is 13.7. The summed E-state index contributed by atoms with van der Waals surface area (Å²) in [4.78, 5) is 16.4. The second kappa shape index (κ2) is 7.92. The molecule has 3 rings (SSSR count). The molecule has 2 atom stereocenters. The largest absolute Gasteiger partial charge is 0.470 e. The van der Waals surface area contributed by atoms with Gasteiger partial charge in [0.1, 0.15) is 6.10 Å². The predicted molar refractivity (Wildman–Crippen MR) is 87.5 cm³/mol. The first-order chi connectivity index (χ1) is 11.7. The molecule has 0 spiro atoms. The standard InChI is InChI=1S/C17H22N4O3/c1-21-13(7-10-19-21)5-6-16(22)20-14-8-11-23-12-15(14)24-17-4-2-3-9-18-17/h2-4,7,9-10,14-15H,5-6,8,11-12H2,1H3,(H,20,22)/t14-,15-/m1/s1. The maximum absolute atomic E-state index is 12.3. The lowest BCUT2D eigenvalue weighted by Gasteiger charge is -2.32. The molecule has 1 N–H and O–H groups in total. The molecule has 0 unspecified atom stereocenters. The first kappa shape index (κ1) is 16.4. The Kier molecular flexibility index (Phi) is 5.43. The Labute approximate surface area is 141 Å². The van der Waals surface area contributed by atoms with E-state index in [0.717, 1.165) is 12.1 Å². The molecule has 0 aliphatic carbocycles. The van der Waals surface area contributed by atoms with Crippen LogP contribution in [-0.2, 0) is 23.0 Å². The van der Waals surface area contributed by atoms with Gasteiger partial charge in [0, 0.05) is 44.2 Å². The fourth-order valence-corrected chi connectivity index (χ4v) is 2.73. The van der Waals surface area contributed by atoms with Crippen LogP contribution in [0, 0.1) is 0 Å². The van der Waals surface area contributed by atoms with Gasteiger partial charge < -0.3 is 14.8 Å². The molecule has 24 heavy (non-hydrogen) atoms. The molecule has 3 heterocycles. The summed E-state index contributed by atoms with van der Waals surface area (Å²) in [5, 5.41) is 7.18. The van der Waals surface area contributed by atoms with Crippen LogP contribution in [0.15, 0.2) is 36.7 Å². The molecule has 1 aliphatic rings. The molecule has 2 aromatic rings. The topological polar surface area (TPSA) is 78.3 Å². The highest BCUT2D eigenvalue weighted by atomic mass is 16.5. The number of ether oxygens (including phenoxy) is 2. The van der Waals surface area contributed by atoms with E-state index in [1.165, 1.54) is 0 Å². The van der Waals surface area contributed by atoms with Gasteiger partial charge in [-0.15, -0.1) is 0 Å². The fraction of sp³-hybridized carbons (Fsp3) is 0.471. The Balaban J connectivity index is 1.53. The molecule has 0 aromatic carbocycles. The Morgan fingerprint density at radius 3 is 3.08 bits per heavy atom. The van der Waals surface area contributed by atoms with Gasteiger partial charge in [0.15, 0.2) is 0 Å². The predicted octanol–water partition coefficient (Wildman–Crippen LogP) is 1.10. The van der Waals surface area contributed by atoms with Gasteiger partial charge in [-0.05, 0) is 25.0 Å². The Hall–Kier alpha value is -2.41. The van der Waals surface area contributed by atoms with E-state index in [2.05, 4.69) is 15.4 Å². The number of pyridine rings is 1. The quantitative estimate of drug-likeness (QED) is 0.858. The third-order valence-corrected chi connectivity index (χ3v) is 4.09. The molecular weight excluding hydrogens is 308 g/mol. The number of rotatable bonds is 6. The monoisotopic (exact) mass is 330 g/mol. The molecule has 0 radical (unpaired) electrons. The molecule has 2 aromatic heterocycles. The van der Waals surface area contributed by atoms with Crippen LogP contribution in [0.3, 0.4) is 0 Å². The van der Waals surface area contributed by atoms with Crippen molar-refractivity contribution in [3.05, 3.63) is 42.4 Å². The highest BCUT2D eigenvalue weighted by Crippen LogP contribution is 2.15. The minimum absolute atomic E-state index is 0.0118. The SMILES string of the molecule is Cn1nccc1CCC(=O)N[C@@H]1CCOC[C@H]1Oc1ccccn1. The van der Waals surface area contributed by atoms with Crippen LogP contribution < -0.4 is 10.1 Å². The van der Waals surface area contributed by atoms with Crippen molar-refractivity contribution in [1.29, 1.82) is 0 Å². The van der Waals surface area contributed by atoms with Crippen molar-refractivity contribution in [2.75, 3.05) is 13.2 Å². The van der Waals surface area contributed by atoms with E-state index in [4.69, 9.17) is 9.47 Å². The Bertz CT molecular complexity index is 659. The van der Waals surface area contributed by atoms with Crippen LogP contribution in [0.4, 0.5) is 0 Å². The number of nitrogens with one attached hydrogen (secondary N) is 1. The fourth-order valence-electron chi connectivity index (χ4n) is 2.73. The summed E-state index contributed by atoms with van der Waals surface area (Å²) >= 11 is 0. The summed E-state index contributed by atoms with van der Waals surface area (Å²) in [7, 11) is 1.88. The lowest BCUT2D eigenvalue weighted by molar-refractivity contribution is -0.124. The number of aromatic nitrogens is 3. The summed E-state index contributed by atoms with van der Waals surface area (Å²) < 4.78 is 13.1. The molecule has 128 valence electrons. The minimum Gasteiger partial charge on any atom is -0.470 e. The number of hydrogen-bond acceptors (Lipinski definition) is 5. The van der Waals surface area contributed by atoms with Gasteiger partial charge in [0.25, 0.3) is 0 Å². The lowest BCUT2D eigenvalue weighted by atomic mass is 10.1. The van der Waals surface area contributed by atoms with Crippen molar-refractivity contribution in [2.24, 2.45) is 7.05 Å². The third-order valence-electron chi connectivity index (χ3n) is 4.09. The maximum atomic E-state index is 12.3. The van der Waals surface area contributed by atoms with Crippen molar-refractivity contribution in [3.8, 4) is 5.88 Å². The summed E-state index contributed by atoms with van der Waals surface area (Å²) in [5.74, 6) is 0.555. The van der Waals surface area contributed by atoms with Crippen molar-refractivity contribution in [2.45, 2.75) is 31.4 Å². The zero-order chi connectivity index (χ0) is 16.8. The summed E-state index contributed by atoms with van der Waals surface area (Å²) in [6.45, 7) is 1.07. The molecule has 1 saturated heterocycles. The average Bonchev–Trinajstić information content (AvgIpc) is 3.01. The van der Waals surface area contributed by atoms with Gasteiger partial charge in [0.05, 0.1) is 12.6 Å². The molecule has 7 nitrogen and oxygen atoms in total. The first-order valence-electron chi connectivity index (χ1n) is 8.14. The number of nitrogens with zero attached hydrogens (tertiary/aromatic N) is 3. The smallest absolute Gasteiger partial charge is 0.220 e. The molecule has 1 fully saturated rings. The number of carbonyl (C=O) groups is 1. The molecule has 0 bridgehead atoms. The molecule has 1 aliphatic heterocycles. The highest BCUT2D eigenvalue weighted by Gasteiger charge is 2.29. The summed E-state index contributed by atoms with van der Waals surface area (Å²) in [6.07, 6.45) is 5.01. The van der Waals surface area contributed by atoms with Crippen LogP contribution in [0.1, 0.15) is 18.5 Å². The van der Waals surface area contributed by atoms with Crippen LogP contribution in [0.5, 0.6) is 5.88 Å². The minimum atomic E-state index is -0.227. The first-order valence-corrected chi connectivity index (χ1v) is 8.14. The van der Waals surface area contributed by atoms with Gasteiger partial charge in [0.2, 0.25) is 11.8 Å². The van der Waals surface area contributed by atoms with Crippen molar-refractivity contribution < 1.29 is 14.3 Å². The van der Waals surface area contributed by atoms with Crippen molar-refractivity contribution in [3.63, 3.8) is 0 Å². The van der Waals surface area contributed by atoms with Crippen LogP contribution in [-0.4, -0.2) is 46.0 Å². The number of amides is 1. The van der Waals surface area contributed by atoms with Gasteiger partial charge in [-0.2, -0.15) is 5.10 Å². The second-order valence-electron chi connectivity index (χ2n) is 5.81. The van der Waals surface area contributed by atoms with E-state index >= 15 is 0 Å². The van der Waals surface area contributed by atoms with Gasteiger partial charge in [-0.25, -0.2) is 4.98 Å². The van der Waals surface area contributed by atoms with Crippen LogP contribution in [0.25, 0.3) is 0 Å². The lowest BCUT2D eigenvalue weighted by Crippen LogP contribution is -2.51. The Morgan fingerprint density at radius 1 is 1.42 bits per heavy atom. The summed E-state index contributed by atoms with van der Waals surface area (Å²) in [6, 6.07) is 7.36. The van der Waals surface area contributed by atoms with Crippen molar-refractivity contribution >= 4 is 5.91 Å². The number of hydrogen-bond donors (Lipinski definition) is 1. The van der Waals surface area contributed by atoms with E-state index in [9.17, 15) is 4.79 Å². The van der Waals surface area contributed by atoms with Gasteiger partial charge in [-0.1, -0.05) is 6.07 Å². The van der Waals surface area contributed by atoms with Crippen LogP contribution >= 0.6 is 0 Å². The van der Waals surface area contributed by atoms with E-state index in [1.807, 2.05) is 25.2 Å². The average molecular weight is 330 g/mol. The van der Waals surface area contributed by atoms with E-state index in [1.54, 1.807) is 23.1 Å². The molecule has 1 amide bonds. The van der Waals surface area contributed by atoms with Crippen molar-refractivity contribution in [1.82, 2.24) is 20.1 Å². The second-order valence-corrected chi connectivity index (χ2v) is 5.81. The van der Waals surface area contributed by atoms with Gasteiger partial charge in [-0.3, -0.25) is 9.48 Å². The normalized spacial score (nSPS) is 20.5. The van der Waals surface area contributed by atoms with E-state index in [-0.39, 0.29) is 18.1 Å². The molecule has 7 heteroatoms. The van der Waals surface area contributed by atoms with Gasteiger partial charge >= 0.3 is 0 Å². The number of aryl methyl sites for hydroxylation is 2. The number of carbonyl (C=O) groups excluding carboxylic acids is 1. The van der Waals surface area contributed by atoms with Crippen LogP contribution in [0.2, 0.25) is 0 Å². The van der Waals surface area contributed by atoms with E-state index < -0.39 is 0 Å². The third kappa shape index (κ3) is 4.32. The molecular formula is C17H22N4O3. The highest BCUT2D eigenvalue weighted by molar-refractivity contribution is 5.76. The Morgan fingerprint density at radius 2 is 2.33 bits per heavy atom.